The number of hydrogen-bond acceptors (Lipinski definition) is 3. The Morgan fingerprint density at radius 3 is 2.07 bits per heavy atom. The molecule has 1 unspecified atom stereocenters. The molecule has 3 aliphatic rings. The van der Waals surface area contributed by atoms with Gasteiger partial charge in [-0.25, -0.2) is 0 Å². The molecule has 2 saturated heterocycles. The van der Waals surface area contributed by atoms with Gasteiger partial charge in [0.2, 0.25) is 5.91 Å². The zero-order valence-corrected chi connectivity index (χ0v) is 16.8. The van der Waals surface area contributed by atoms with Crippen LogP contribution in [0.15, 0.2) is 24.3 Å². The van der Waals surface area contributed by atoms with Crippen LogP contribution in [0.1, 0.15) is 35.2 Å². The van der Waals surface area contributed by atoms with Gasteiger partial charge in [-0.2, -0.15) is 13.2 Å². The Bertz CT molecular complexity index is 755. The molecule has 29 heavy (non-hydrogen) atoms. The number of alkyl halides is 3. The predicted molar refractivity (Wildman–Crippen MR) is 104 cm³/mol. The molecule has 2 amide bonds. The Morgan fingerprint density at radius 1 is 0.966 bits per heavy atom. The van der Waals surface area contributed by atoms with Crippen molar-refractivity contribution in [3.05, 3.63) is 35.4 Å². The fraction of sp³-hybridized carbons (Fsp3) is 0.600. The summed E-state index contributed by atoms with van der Waals surface area (Å²) in [6.07, 6.45) is -1.34. The average Bonchev–Trinajstić information content (AvgIpc) is 3.39. The largest absolute Gasteiger partial charge is 0.416 e. The summed E-state index contributed by atoms with van der Waals surface area (Å²) in [5.74, 6) is 0.0253. The summed E-state index contributed by atoms with van der Waals surface area (Å²) in [5.41, 5.74) is -0.338. The number of rotatable bonds is 2. The summed E-state index contributed by atoms with van der Waals surface area (Å²) in [5, 5.41) is 3.33. The summed E-state index contributed by atoms with van der Waals surface area (Å²) in [6.45, 7) is 3.73. The molecular formula is C20H25ClF3N3O2. The number of amides is 2. The van der Waals surface area contributed by atoms with E-state index in [1.54, 1.807) is 4.90 Å². The van der Waals surface area contributed by atoms with Crippen molar-refractivity contribution in [2.75, 3.05) is 39.3 Å². The molecule has 0 bridgehead atoms. The molecule has 1 N–H and O–H groups in total. The number of benzene rings is 1. The molecular weight excluding hydrogens is 407 g/mol. The molecule has 1 spiro atoms. The second kappa shape index (κ2) is 8.14. The van der Waals surface area contributed by atoms with Crippen LogP contribution in [-0.2, 0) is 11.0 Å². The van der Waals surface area contributed by atoms with Gasteiger partial charge in [0.1, 0.15) is 0 Å². The second-order valence-corrected chi connectivity index (χ2v) is 8.06. The summed E-state index contributed by atoms with van der Waals surface area (Å²) in [6, 6.07) is 4.29. The number of carbonyl (C=O) groups excluding carboxylic acids is 2. The first kappa shape index (κ1) is 21.9. The van der Waals surface area contributed by atoms with E-state index in [-0.39, 0.29) is 41.1 Å². The lowest BCUT2D eigenvalue weighted by atomic mass is 9.91. The molecule has 1 atom stereocenters. The van der Waals surface area contributed by atoms with E-state index in [0.29, 0.717) is 26.2 Å². The van der Waals surface area contributed by atoms with E-state index in [1.165, 1.54) is 12.1 Å². The summed E-state index contributed by atoms with van der Waals surface area (Å²) in [7, 11) is 0. The minimum Gasteiger partial charge on any atom is -0.339 e. The van der Waals surface area contributed by atoms with E-state index < -0.39 is 11.7 Å². The maximum Gasteiger partial charge on any atom is 0.416 e. The standard InChI is InChI=1S/C20H24F3N3O2.ClH/c21-20(22,23)15-3-1-14(2-4-15)17(27)25-9-11-26(12-10-25)18(28)16-13-19(16)5-7-24-8-6-19;/h1-4,16,24H,5-13H2;1H. The Labute approximate surface area is 174 Å². The Kier molecular flexibility index (Phi) is 6.15. The van der Waals surface area contributed by atoms with Gasteiger partial charge in [-0.05, 0) is 62.0 Å². The maximum atomic E-state index is 12.8. The molecule has 1 aliphatic carbocycles. The van der Waals surface area contributed by atoms with Gasteiger partial charge in [0.15, 0.2) is 0 Å². The third kappa shape index (κ3) is 4.38. The van der Waals surface area contributed by atoms with Crippen LogP contribution in [0.25, 0.3) is 0 Å². The highest BCUT2D eigenvalue weighted by atomic mass is 35.5. The topological polar surface area (TPSA) is 52.7 Å². The van der Waals surface area contributed by atoms with Crippen molar-refractivity contribution in [3.63, 3.8) is 0 Å². The van der Waals surface area contributed by atoms with Gasteiger partial charge in [-0.1, -0.05) is 0 Å². The fourth-order valence-electron chi connectivity index (χ4n) is 4.51. The summed E-state index contributed by atoms with van der Waals surface area (Å²) >= 11 is 0. The van der Waals surface area contributed by atoms with Gasteiger partial charge in [-0.3, -0.25) is 9.59 Å². The number of nitrogens with zero attached hydrogens (tertiary/aromatic N) is 2. The quantitative estimate of drug-likeness (QED) is 0.783. The lowest BCUT2D eigenvalue weighted by Crippen LogP contribution is -2.51. The van der Waals surface area contributed by atoms with Gasteiger partial charge in [0.05, 0.1) is 5.56 Å². The van der Waals surface area contributed by atoms with Crippen molar-refractivity contribution < 1.29 is 22.8 Å². The molecule has 5 nitrogen and oxygen atoms in total. The van der Waals surface area contributed by atoms with Crippen LogP contribution in [-0.4, -0.2) is 60.9 Å². The number of piperidine rings is 1. The fourth-order valence-corrected chi connectivity index (χ4v) is 4.51. The normalized spacial score (nSPS) is 23.5. The molecule has 1 aromatic carbocycles. The van der Waals surface area contributed by atoms with Crippen molar-refractivity contribution in [3.8, 4) is 0 Å². The van der Waals surface area contributed by atoms with Gasteiger partial charge >= 0.3 is 6.18 Å². The monoisotopic (exact) mass is 431 g/mol. The lowest BCUT2D eigenvalue weighted by molar-refractivity contribution is -0.137. The van der Waals surface area contributed by atoms with Crippen molar-refractivity contribution in [2.24, 2.45) is 11.3 Å². The van der Waals surface area contributed by atoms with Gasteiger partial charge < -0.3 is 15.1 Å². The summed E-state index contributed by atoms with van der Waals surface area (Å²) < 4.78 is 38.0. The molecule has 160 valence electrons. The van der Waals surface area contributed by atoms with Crippen molar-refractivity contribution in [1.82, 2.24) is 15.1 Å². The molecule has 2 heterocycles. The van der Waals surface area contributed by atoms with Crippen LogP contribution in [0.3, 0.4) is 0 Å². The highest BCUT2D eigenvalue weighted by Gasteiger charge is 2.58. The molecule has 4 rings (SSSR count). The molecule has 1 aromatic rings. The van der Waals surface area contributed by atoms with Crippen molar-refractivity contribution in [1.29, 1.82) is 0 Å². The maximum absolute atomic E-state index is 12.8. The van der Waals surface area contributed by atoms with E-state index >= 15 is 0 Å². The van der Waals surface area contributed by atoms with Crippen LogP contribution in [0.5, 0.6) is 0 Å². The lowest BCUT2D eigenvalue weighted by Gasteiger charge is -2.35. The van der Waals surface area contributed by atoms with E-state index in [9.17, 15) is 22.8 Å². The molecule has 3 fully saturated rings. The van der Waals surface area contributed by atoms with Gasteiger partial charge in [0, 0.05) is 37.7 Å². The van der Waals surface area contributed by atoms with E-state index in [4.69, 9.17) is 0 Å². The molecule has 9 heteroatoms. The molecule has 0 radical (unpaired) electrons. The van der Waals surface area contributed by atoms with Crippen molar-refractivity contribution >= 4 is 24.2 Å². The predicted octanol–water partition coefficient (Wildman–Crippen LogP) is 2.80. The smallest absolute Gasteiger partial charge is 0.339 e. The number of hydrogen-bond donors (Lipinski definition) is 1. The Balaban J connectivity index is 0.00000240. The van der Waals surface area contributed by atoms with E-state index in [0.717, 1.165) is 44.5 Å². The zero-order valence-electron chi connectivity index (χ0n) is 16.0. The Morgan fingerprint density at radius 2 is 1.52 bits per heavy atom. The summed E-state index contributed by atoms with van der Waals surface area (Å²) in [4.78, 5) is 28.8. The highest BCUT2D eigenvalue weighted by Crippen LogP contribution is 2.59. The third-order valence-corrected chi connectivity index (χ3v) is 6.42. The van der Waals surface area contributed by atoms with Gasteiger partial charge in [-0.15, -0.1) is 12.4 Å². The molecule has 1 saturated carbocycles. The van der Waals surface area contributed by atoms with Gasteiger partial charge in [0.25, 0.3) is 5.91 Å². The average molecular weight is 432 g/mol. The van der Waals surface area contributed by atoms with Crippen LogP contribution in [0.2, 0.25) is 0 Å². The molecule has 0 aromatic heterocycles. The molecule has 2 aliphatic heterocycles. The first-order valence-electron chi connectivity index (χ1n) is 9.76. The number of nitrogens with one attached hydrogen (secondary N) is 1. The zero-order chi connectivity index (χ0) is 19.9. The third-order valence-electron chi connectivity index (χ3n) is 6.42. The van der Waals surface area contributed by atoms with Crippen LogP contribution in [0.4, 0.5) is 13.2 Å². The highest BCUT2D eigenvalue weighted by molar-refractivity contribution is 5.94. The number of halogens is 4. The first-order chi connectivity index (χ1) is 13.3. The first-order valence-corrected chi connectivity index (χ1v) is 9.76. The minimum atomic E-state index is -4.41. The number of carbonyl (C=O) groups is 2. The minimum absolute atomic E-state index is 0. The Hall–Kier alpha value is -1.80. The van der Waals surface area contributed by atoms with Crippen LogP contribution < -0.4 is 5.32 Å². The van der Waals surface area contributed by atoms with E-state index in [1.807, 2.05) is 4.90 Å². The van der Waals surface area contributed by atoms with Crippen LogP contribution in [0, 0.1) is 11.3 Å². The van der Waals surface area contributed by atoms with Crippen molar-refractivity contribution in [2.45, 2.75) is 25.4 Å². The number of piperazine rings is 1. The SMILES string of the molecule is Cl.O=C(c1ccc(C(F)(F)F)cc1)N1CCN(C(=O)C2CC23CCNCC3)CC1. The second-order valence-electron chi connectivity index (χ2n) is 8.06. The van der Waals surface area contributed by atoms with E-state index in [2.05, 4.69) is 5.32 Å². The van der Waals surface area contributed by atoms with Crippen LogP contribution >= 0.6 is 12.4 Å².